The predicted octanol–water partition coefficient (Wildman–Crippen LogP) is 3.91. The molecule has 1 amide bonds. The van der Waals surface area contributed by atoms with E-state index in [0.29, 0.717) is 5.17 Å². The Labute approximate surface area is 227 Å². The van der Waals surface area contributed by atoms with Gasteiger partial charge in [0.25, 0.3) is 0 Å². The van der Waals surface area contributed by atoms with E-state index in [1.54, 1.807) is 53.8 Å². The Kier molecular flexibility index (Phi) is 8.44. The summed E-state index contributed by atoms with van der Waals surface area (Å²) in [5, 5.41) is 0.448. The highest BCUT2D eigenvalue weighted by molar-refractivity contribution is 8.14. The molecule has 3 aliphatic rings. The van der Waals surface area contributed by atoms with Gasteiger partial charge in [-0.05, 0) is 52.3 Å². The molecule has 0 bridgehead atoms. The zero-order chi connectivity index (χ0) is 27.9. The topological polar surface area (TPSA) is 97.3 Å². The molecule has 3 aliphatic heterocycles. The lowest BCUT2D eigenvalue weighted by Crippen LogP contribution is -2.72. The van der Waals surface area contributed by atoms with E-state index in [-0.39, 0.29) is 19.0 Å². The Morgan fingerprint density at radius 3 is 2.29 bits per heavy atom. The average Bonchev–Trinajstić information content (AvgIpc) is 3.29. The fraction of sp³-hybridized carbons (Fsp3) is 0.692. The normalized spacial score (nSPS) is 34.8. The van der Waals surface area contributed by atoms with Crippen LogP contribution in [0.1, 0.15) is 40.2 Å². The lowest BCUT2D eigenvalue weighted by molar-refractivity contribution is -0.463. The number of aliphatic imine (C=N–C) groups is 1. The SMILES string of the molecule is CO[C@@]1(C)O[C@@H]2[C@H]3N=C(N(C)C(=O)OC(C)(C)C)S[C@H]3O[C@H](COCc3ccc(F)cc3)[C@H]2O[C@]1(C)OC. The summed E-state index contributed by atoms with van der Waals surface area (Å²) in [4.78, 5) is 18.9. The van der Waals surface area contributed by atoms with Gasteiger partial charge in [0.1, 0.15) is 41.2 Å². The molecule has 0 aliphatic carbocycles. The molecular weight excluding hydrogens is 519 g/mol. The third kappa shape index (κ3) is 5.86. The van der Waals surface area contributed by atoms with Gasteiger partial charge in [-0.3, -0.25) is 9.89 Å². The second kappa shape index (κ2) is 11.0. The predicted molar refractivity (Wildman–Crippen MR) is 138 cm³/mol. The third-order valence-electron chi connectivity index (χ3n) is 6.84. The van der Waals surface area contributed by atoms with Crippen molar-refractivity contribution < 1.29 is 42.3 Å². The van der Waals surface area contributed by atoms with Crippen molar-refractivity contribution in [2.24, 2.45) is 4.99 Å². The highest BCUT2D eigenvalue weighted by Crippen LogP contribution is 2.47. The molecule has 10 nitrogen and oxygen atoms in total. The number of halogens is 1. The van der Waals surface area contributed by atoms with E-state index in [2.05, 4.69) is 0 Å². The Balaban J connectivity index is 1.55. The van der Waals surface area contributed by atoms with Gasteiger partial charge in [0, 0.05) is 21.3 Å². The summed E-state index contributed by atoms with van der Waals surface area (Å²) < 4.78 is 55.6. The van der Waals surface area contributed by atoms with Gasteiger partial charge >= 0.3 is 6.09 Å². The number of carbonyl (C=O) groups excluding carboxylic acids is 1. The largest absolute Gasteiger partial charge is 0.443 e. The van der Waals surface area contributed by atoms with Gasteiger partial charge in [-0.25, -0.2) is 9.18 Å². The summed E-state index contributed by atoms with van der Waals surface area (Å²) in [6.45, 7) is 9.33. The smallest absolute Gasteiger partial charge is 0.416 e. The molecule has 0 aromatic heterocycles. The lowest BCUT2D eigenvalue weighted by Gasteiger charge is -2.56. The minimum atomic E-state index is -1.25. The van der Waals surface area contributed by atoms with Crippen molar-refractivity contribution in [3.8, 4) is 0 Å². The molecule has 0 saturated carbocycles. The molecule has 4 rings (SSSR count). The van der Waals surface area contributed by atoms with E-state index >= 15 is 0 Å². The number of carbonyl (C=O) groups is 1. The van der Waals surface area contributed by atoms with E-state index in [0.717, 1.165) is 5.56 Å². The van der Waals surface area contributed by atoms with Crippen LogP contribution in [-0.4, -0.2) is 91.0 Å². The van der Waals surface area contributed by atoms with Crippen LogP contribution < -0.4 is 0 Å². The first-order chi connectivity index (χ1) is 17.8. The fourth-order valence-electron chi connectivity index (χ4n) is 4.45. The molecule has 1 aromatic rings. The third-order valence-corrected chi connectivity index (χ3v) is 8.05. The van der Waals surface area contributed by atoms with Gasteiger partial charge in [-0.15, -0.1) is 0 Å². The number of fused-ring (bicyclic) bond motifs is 3. The number of rotatable bonds is 6. The zero-order valence-electron chi connectivity index (χ0n) is 23.1. The van der Waals surface area contributed by atoms with Crippen LogP contribution in [0.25, 0.3) is 0 Å². The molecule has 0 N–H and O–H groups in total. The van der Waals surface area contributed by atoms with E-state index < -0.39 is 53.1 Å². The van der Waals surface area contributed by atoms with Crippen molar-refractivity contribution in [2.75, 3.05) is 27.9 Å². The molecule has 38 heavy (non-hydrogen) atoms. The van der Waals surface area contributed by atoms with Crippen LogP contribution >= 0.6 is 11.8 Å². The first-order valence-electron chi connectivity index (χ1n) is 12.4. The van der Waals surface area contributed by atoms with Gasteiger partial charge in [-0.1, -0.05) is 23.9 Å². The number of amidine groups is 1. The maximum atomic E-state index is 13.3. The number of amides is 1. The summed E-state index contributed by atoms with van der Waals surface area (Å²) in [5.41, 5.74) is -0.292. The van der Waals surface area contributed by atoms with Crippen molar-refractivity contribution in [3.05, 3.63) is 35.6 Å². The Hall–Kier alpha value is -1.80. The minimum Gasteiger partial charge on any atom is -0.443 e. The standard InChI is InChI=1S/C26H37FN2O8S/c1-24(2,3)37-23(30)29(6)22-28-18-20-19(35-25(4,31-7)26(5,32-8)36-20)17(34-21(18)38-22)14-33-13-15-9-11-16(27)12-10-15/h9-12,17-21H,13-14H2,1-8H3/t17-,18-,19-,20-,21-,25+,26+/m1/s1. The zero-order valence-corrected chi connectivity index (χ0v) is 23.9. The second-order valence-corrected chi connectivity index (χ2v) is 11.8. The number of hydrogen-bond donors (Lipinski definition) is 0. The summed E-state index contributed by atoms with van der Waals surface area (Å²) in [6.07, 6.45) is -2.27. The van der Waals surface area contributed by atoms with Gasteiger partial charge in [0.15, 0.2) is 5.17 Å². The highest BCUT2D eigenvalue weighted by Gasteiger charge is 2.63. The number of thioether (sulfide) groups is 1. The molecule has 7 atom stereocenters. The van der Waals surface area contributed by atoms with Crippen molar-refractivity contribution in [1.29, 1.82) is 0 Å². The molecule has 212 valence electrons. The fourth-order valence-corrected chi connectivity index (χ4v) is 5.62. The van der Waals surface area contributed by atoms with Crippen molar-refractivity contribution in [2.45, 2.75) is 88.2 Å². The van der Waals surface area contributed by atoms with Crippen molar-refractivity contribution >= 4 is 23.0 Å². The first kappa shape index (κ1) is 29.2. The quantitative estimate of drug-likeness (QED) is 0.517. The summed E-state index contributed by atoms with van der Waals surface area (Å²) in [6, 6.07) is 5.62. The highest BCUT2D eigenvalue weighted by atomic mass is 32.2. The maximum absolute atomic E-state index is 13.3. The molecule has 3 heterocycles. The minimum absolute atomic E-state index is 0.173. The number of ether oxygens (including phenoxy) is 7. The van der Waals surface area contributed by atoms with E-state index in [4.69, 9.17) is 38.2 Å². The average molecular weight is 557 g/mol. The number of hydrogen-bond acceptors (Lipinski definition) is 10. The molecule has 12 heteroatoms. The van der Waals surface area contributed by atoms with Crippen LogP contribution in [0.4, 0.5) is 9.18 Å². The van der Waals surface area contributed by atoms with Crippen LogP contribution in [-0.2, 0) is 39.8 Å². The second-order valence-electron chi connectivity index (χ2n) is 10.7. The summed E-state index contributed by atoms with van der Waals surface area (Å²) >= 11 is 1.31. The van der Waals surface area contributed by atoms with Crippen LogP contribution in [0, 0.1) is 5.82 Å². The van der Waals surface area contributed by atoms with Crippen LogP contribution in [0.5, 0.6) is 0 Å². The van der Waals surface area contributed by atoms with Crippen molar-refractivity contribution in [3.63, 3.8) is 0 Å². The van der Waals surface area contributed by atoms with Crippen LogP contribution in [0.2, 0.25) is 0 Å². The van der Waals surface area contributed by atoms with Crippen LogP contribution in [0.15, 0.2) is 29.3 Å². The lowest BCUT2D eigenvalue weighted by atomic mass is 9.93. The Morgan fingerprint density at radius 2 is 1.71 bits per heavy atom. The summed E-state index contributed by atoms with van der Waals surface area (Å²) in [7, 11) is 4.65. The van der Waals surface area contributed by atoms with Crippen LogP contribution in [0.3, 0.4) is 0 Å². The van der Waals surface area contributed by atoms with Gasteiger partial charge in [0.2, 0.25) is 11.6 Å². The van der Waals surface area contributed by atoms with Gasteiger partial charge < -0.3 is 33.2 Å². The summed E-state index contributed by atoms with van der Waals surface area (Å²) in [5.74, 6) is -2.80. The van der Waals surface area contributed by atoms with Crippen molar-refractivity contribution in [1.82, 2.24) is 4.90 Å². The maximum Gasteiger partial charge on any atom is 0.416 e. The molecule has 2 saturated heterocycles. The number of benzene rings is 1. The number of nitrogens with zero attached hydrogens (tertiary/aromatic N) is 2. The Morgan fingerprint density at radius 1 is 1.11 bits per heavy atom. The monoisotopic (exact) mass is 556 g/mol. The Bertz CT molecular complexity index is 1040. The molecule has 0 spiro atoms. The van der Waals surface area contributed by atoms with E-state index in [1.807, 2.05) is 0 Å². The van der Waals surface area contributed by atoms with Gasteiger partial charge in [0.05, 0.1) is 13.2 Å². The molecular formula is C26H37FN2O8S. The van der Waals surface area contributed by atoms with E-state index in [9.17, 15) is 9.18 Å². The molecule has 0 radical (unpaired) electrons. The molecule has 1 aromatic carbocycles. The molecule has 0 unspecified atom stereocenters. The molecule has 2 fully saturated rings. The number of methoxy groups -OCH3 is 2. The van der Waals surface area contributed by atoms with E-state index in [1.165, 1.54) is 43.0 Å². The first-order valence-corrected chi connectivity index (χ1v) is 13.3. The van der Waals surface area contributed by atoms with Gasteiger partial charge in [-0.2, -0.15) is 0 Å².